The maximum atomic E-state index is 12.6. The molecule has 18 heavy (non-hydrogen) atoms. The van der Waals surface area contributed by atoms with Gasteiger partial charge in [0.2, 0.25) is 0 Å². The highest BCUT2D eigenvalue weighted by Gasteiger charge is 2.41. The minimum absolute atomic E-state index is 0.370. The van der Waals surface area contributed by atoms with Gasteiger partial charge in [-0.2, -0.15) is 13.2 Å². The predicted molar refractivity (Wildman–Crippen MR) is 47.2 cm³/mol. The Morgan fingerprint density at radius 1 is 1.39 bits per heavy atom. The Bertz CT molecular complexity index is 472. The van der Waals surface area contributed by atoms with E-state index in [-0.39, 0.29) is 0 Å². The molecule has 1 aromatic rings. The molecular formula is C9H6F5NO3. The zero-order valence-corrected chi connectivity index (χ0v) is 8.50. The number of carboxylic acids is 1. The Kier molecular flexibility index (Phi) is 3.73. The molecule has 0 aromatic carbocycles. The van der Waals surface area contributed by atoms with Crippen LogP contribution in [-0.4, -0.2) is 21.2 Å². The third-order valence-electron chi connectivity index (χ3n) is 2.00. The fraction of sp³-hybridized carbons (Fsp3) is 0.333. The lowest BCUT2D eigenvalue weighted by molar-refractivity contribution is -0.141. The molecule has 0 saturated carbocycles. The van der Waals surface area contributed by atoms with Crippen LogP contribution >= 0.6 is 0 Å². The van der Waals surface area contributed by atoms with Crippen molar-refractivity contribution in [2.45, 2.75) is 19.0 Å². The van der Waals surface area contributed by atoms with E-state index in [0.717, 1.165) is 0 Å². The molecule has 0 amide bonds. The molecule has 0 atom stereocenters. The number of carbonyl (C=O) groups is 1. The van der Waals surface area contributed by atoms with Crippen LogP contribution in [0.15, 0.2) is 6.20 Å². The van der Waals surface area contributed by atoms with Crippen LogP contribution in [0.3, 0.4) is 0 Å². The highest BCUT2D eigenvalue weighted by molar-refractivity contribution is 5.70. The van der Waals surface area contributed by atoms with Gasteiger partial charge in [-0.25, -0.2) is 8.78 Å². The first-order chi connectivity index (χ1) is 8.14. The second kappa shape index (κ2) is 4.75. The van der Waals surface area contributed by atoms with Gasteiger partial charge in [0.1, 0.15) is 5.75 Å². The Morgan fingerprint density at radius 2 is 1.94 bits per heavy atom. The molecule has 1 rings (SSSR count). The van der Waals surface area contributed by atoms with Crippen LogP contribution in [0.4, 0.5) is 22.0 Å². The third-order valence-corrected chi connectivity index (χ3v) is 2.00. The average molecular weight is 271 g/mol. The van der Waals surface area contributed by atoms with Crippen LogP contribution in [-0.2, 0) is 17.4 Å². The van der Waals surface area contributed by atoms with Crippen molar-refractivity contribution in [1.82, 2.24) is 4.98 Å². The first kappa shape index (κ1) is 14.1. The third kappa shape index (κ3) is 2.84. The monoisotopic (exact) mass is 271 g/mol. The SMILES string of the molecule is O=C(O)Cc1ncc(O)c(C(F)F)c1C(F)(F)F. The topological polar surface area (TPSA) is 70.4 Å². The highest BCUT2D eigenvalue weighted by atomic mass is 19.4. The summed E-state index contributed by atoms with van der Waals surface area (Å²) in [6.45, 7) is 0. The van der Waals surface area contributed by atoms with Gasteiger partial charge in [-0.3, -0.25) is 9.78 Å². The van der Waals surface area contributed by atoms with Crippen LogP contribution in [0, 0.1) is 0 Å². The summed E-state index contributed by atoms with van der Waals surface area (Å²) in [5, 5.41) is 17.4. The van der Waals surface area contributed by atoms with Crippen LogP contribution < -0.4 is 0 Å². The molecule has 0 spiro atoms. The predicted octanol–water partition coefficient (Wildman–Crippen LogP) is 2.37. The number of hydrogen-bond donors (Lipinski definition) is 2. The molecule has 0 saturated heterocycles. The number of aromatic hydroxyl groups is 1. The minimum Gasteiger partial charge on any atom is -0.506 e. The lowest BCUT2D eigenvalue weighted by Gasteiger charge is -2.16. The molecule has 0 unspecified atom stereocenters. The van der Waals surface area contributed by atoms with Gasteiger partial charge < -0.3 is 10.2 Å². The van der Waals surface area contributed by atoms with Gasteiger partial charge >= 0.3 is 12.1 Å². The number of rotatable bonds is 3. The van der Waals surface area contributed by atoms with Gasteiger partial charge in [-0.1, -0.05) is 0 Å². The molecule has 2 N–H and O–H groups in total. The molecule has 0 radical (unpaired) electrons. The fourth-order valence-electron chi connectivity index (χ4n) is 1.37. The zero-order valence-electron chi connectivity index (χ0n) is 8.50. The lowest BCUT2D eigenvalue weighted by atomic mass is 10.0. The normalized spacial score (nSPS) is 11.9. The maximum Gasteiger partial charge on any atom is 0.418 e. The van der Waals surface area contributed by atoms with Gasteiger partial charge in [0, 0.05) is 0 Å². The van der Waals surface area contributed by atoms with Gasteiger partial charge in [-0.15, -0.1) is 0 Å². The number of pyridine rings is 1. The average Bonchev–Trinajstić information content (AvgIpc) is 2.17. The second-order valence-electron chi connectivity index (χ2n) is 3.25. The first-order valence-corrected chi connectivity index (χ1v) is 4.42. The van der Waals surface area contributed by atoms with Crippen molar-refractivity contribution in [3.05, 3.63) is 23.0 Å². The summed E-state index contributed by atoms with van der Waals surface area (Å²) in [5.74, 6) is -2.98. The number of hydrogen-bond acceptors (Lipinski definition) is 3. The Hall–Kier alpha value is -1.93. The second-order valence-corrected chi connectivity index (χ2v) is 3.25. The quantitative estimate of drug-likeness (QED) is 0.828. The zero-order chi connectivity index (χ0) is 14.1. The molecule has 0 aliphatic rings. The molecule has 0 aliphatic heterocycles. The van der Waals surface area contributed by atoms with Crippen molar-refractivity contribution in [2.75, 3.05) is 0 Å². The maximum absolute atomic E-state index is 12.6. The van der Waals surface area contributed by atoms with Crippen molar-refractivity contribution < 1.29 is 37.0 Å². The number of halogens is 5. The van der Waals surface area contributed by atoms with E-state index in [0.29, 0.717) is 6.20 Å². The summed E-state index contributed by atoms with van der Waals surface area (Å²) in [6.07, 6.45) is -9.64. The summed E-state index contributed by atoms with van der Waals surface area (Å²) in [5.41, 5.74) is -4.63. The standard InChI is InChI=1S/C9H6F5NO3/c10-8(11)6-4(16)2-15-3(1-5(17)18)7(6)9(12,13)14/h2,8,16H,1H2,(H,17,18). The summed E-state index contributed by atoms with van der Waals surface area (Å²) in [7, 11) is 0. The van der Waals surface area contributed by atoms with Crippen molar-refractivity contribution in [3.8, 4) is 5.75 Å². The molecule has 0 fully saturated rings. The molecule has 0 aliphatic carbocycles. The Labute approximate surface area is 96.7 Å². The summed E-state index contributed by atoms with van der Waals surface area (Å²) in [6, 6.07) is 0. The van der Waals surface area contributed by atoms with Crippen molar-refractivity contribution in [2.24, 2.45) is 0 Å². The van der Waals surface area contributed by atoms with E-state index in [1.165, 1.54) is 0 Å². The molecule has 1 aromatic heterocycles. The van der Waals surface area contributed by atoms with Gasteiger partial charge in [-0.05, 0) is 0 Å². The van der Waals surface area contributed by atoms with Crippen LogP contribution in [0.2, 0.25) is 0 Å². The summed E-state index contributed by atoms with van der Waals surface area (Å²) < 4.78 is 62.9. The molecule has 100 valence electrons. The molecule has 9 heteroatoms. The van der Waals surface area contributed by atoms with Crippen LogP contribution in [0.5, 0.6) is 5.75 Å². The van der Waals surface area contributed by atoms with Gasteiger partial charge in [0.15, 0.2) is 0 Å². The van der Waals surface area contributed by atoms with Crippen molar-refractivity contribution in [3.63, 3.8) is 0 Å². The molecular weight excluding hydrogens is 265 g/mol. The number of nitrogens with zero attached hydrogens (tertiary/aromatic N) is 1. The van der Waals surface area contributed by atoms with E-state index in [1.54, 1.807) is 0 Å². The fourth-order valence-corrected chi connectivity index (χ4v) is 1.37. The highest BCUT2D eigenvalue weighted by Crippen LogP contribution is 2.41. The van der Waals surface area contributed by atoms with Crippen molar-refractivity contribution in [1.29, 1.82) is 0 Å². The molecule has 0 bridgehead atoms. The van der Waals surface area contributed by atoms with Gasteiger partial charge in [0.25, 0.3) is 6.43 Å². The number of carboxylic acid groups (broad SMARTS) is 1. The minimum atomic E-state index is -5.23. The molecule has 1 heterocycles. The van der Waals surface area contributed by atoms with E-state index in [4.69, 9.17) is 10.2 Å². The van der Waals surface area contributed by atoms with E-state index < -0.39 is 47.6 Å². The Morgan fingerprint density at radius 3 is 2.33 bits per heavy atom. The summed E-state index contributed by atoms with van der Waals surface area (Å²) in [4.78, 5) is 13.4. The summed E-state index contributed by atoms with van der Waals surface area (Å²) >= 11 is 0. The van der Waals surface area contributed by atoms with E-state index in [1.807, 2.05) is 0 Å². The number of aromatic nitrogens is 1. The van der Waals surface area contributed by atoms with Gasteiger partial charge in [0.05, 0.1) is 29.4 Å². The van der Waals surface area contributed by atoms with Crippen LogP contribution in [0.1, 0.15) is 23.2 Å². The molecule has 4 nitrogen and oxygen atoms in total. The van der Waals surface area contributed by atoms with E-state index >= 15 is 0 Å². The van der Waals surface area contributed by atoms with Crippen LogP contribution in [0.25, 0.3) is 0 Å². The Balaban J connectivity index is 3.54. The first-order valence-electron chi connectivity index (χ1n) is 4.42. The number of aliphatic carboxylic acids is 1. The van der Waals surface area contributed by atoms with Crippen molar-refractivity contribution >= 4 is 5.97 Å². The van der Waals surface area contributed by atoms with E-state index in [9.17, 15) is 26.7 Å². The lowest BCUT2D eigenvalue weighted by Crippen LogP contribution is -2.17. The largest absolute Gasteiger partial charge is 0.506 e. The smallest absolute Gasteiger partial charge is 0.418 e. The number of alkyl halides is 5. The van der Waals surface area contributed by atoms with E-state index in [2.05, 4.69) is 4.98 Å².